The lowest BCUT2D eigenvalue weighted by molar-refractivity contribution is 0.198. The second-order valence-corrected chi connectivity index (χ2v) is 7.89. The molecule has 0 saturated carbocycles. The number of rotatable bonds is 6. The van der Waals surface area contributed by atoms with Crippen molar-refractivity contribution in [1.29, 1.82) is 5.41 Å². The largest absolute Gasteiger partial charge is 0.391 e. The van der Waals surface area contributed by atoms with E-state index in [9.17, 15) is 5.11 Å². The highest BCUT2D eigenvalue weighted by molar-refractivity contribution is 5.88. The van der Waals surface area contributed by atoms with Gasteiger partial charge >= 0.3 is 0 Å². The average Bonchev–Trinajstić information content (AvgIpc) is 3.48. The van der Waals surface area contributed by atoms with Crippen molar-refractivity contribution in [3.05, 3.63) is 66.6 Å². The van der Waals surface area contributed by atoms with Crippen LogP contribution >= 0.6 is 0 Å². The molecule has 0 amide bonds. The summed E-state index contributed by atoms with van der Waals surface area (Å²) in [7, 11) is 1.85. The molecule has 2 aromatic heterocycles. The summed E-state index contributed by atoms with van der Waals surface area (Å²) in [6.07, 6.45) is 7.51. The fourth-order valence-corrected chi connectivity index (χ4v) is 4.08. The number of fused-ring (bicyclic) bond motifs is 1. The molecular weight excluding hydrogens is 402 g/mol. The third-order valence-corrected chi connectivity index (χ3v) is 5.81. The molecule has 0 bridgehead atoms. The van der Waals surface area contributed by atoms with E-state index in [-0.39, 0.29) is 6.10 Å². The number of anilines is 4. The first kappa shape index (κ1) is 20.0. The van der Waals surface area contributed by atoms with E-state index in [1.807, 2.05) is 54.2 Å². The zero-order valence-corrected chi connectivity index (χ0v) is 17.8. The zero-order chi connectivity index (χ0) is 22.1. The molecule has 32 heavy (non-hydrogen) atoms. The number of hydrogen-bond acceptors (Lipinski definition) is 7. The number of hydrogen-bond donors (Lipinski definition) is 4. The predicted octanol–water partition coefficient (Wildman–Crippen LogP) is 3.75. The number of aliphatic hydroxyl groups excluding tert-OH is 1. The lowest BCUT2D eigenvalue weighted by atomic mass is 10.1. The van der Waals surface area contributed by atoms with Gasteiger partial charge in [-0.25, -0.2) is 9.97 Å². The lowest BCUT2D eigenvalue weighted by Gasteiger charge is -2.18. The third-order valence-electron chi connectivity index (χ3n) is 5.81. The van der Waals surface area contributed by atoms with Crippen molar-refractivity contribution in [2.75, 3.05) is 35.7 Å². The van der Waals surface area contributed by atoms with Crippen LogP contribution in [0.5, 0.6) is 0 Å². The van der Waals surface area contributed by atoms with Gasteiger partial charge in [0.2, 0.25) is 0 Å². The summed E-state index contributed by atoms with van der Waals surface area (Å²) in [4.78, 5) is 11.5. The Morgan fingerprint density at radius 3 is 2.75 bits per heavy atom. The first-order chi connectivity index (χ1) is 15.6. The first-order valence-corrected chi connectivity index (χ1v) is 10.6. The van der Waals surface area contributed by atoms with Crippen LogP contribution in [0, 0.1) is 5.41 Å². The minimum absolute atomic E-state index is 0.245. The smallest absolute Gasteiger partial charge is 0.180 e. The van der Waals surface area contributed by atoms with Crippen LogP contribution in [0.15, 0.2) is 61.1 Å². The number of nitrogens with zero attached hydrogens (tertiary/aromatic N) is 4. The van der Waals surface area contributed by atoms with Gasteiger partial charge in [0, 0.05) is 73.1 Å². The van der Waals surface area contributed by atoms with Crippen molar-refractivity contribution in [2.24, 2.45) is 0 Å². The van der Waals surface area contributed by atoms with Gasteiger partial charge in [-0.1, -0.05) is 12.1 Å². The van der Waals surface area contributed by atoms with E-state index < -0.39 is 0 Å². The second kappa shape index (κ2) is 8.32. The number of imidazole rings is 1. The Morgan fingerprint density at radius 2 is 2.03 bits per heavy atom. The summed E-state index contributed by atoms with van der Waals surface area (Å²) in [5, 5.41) is 23.9. The molecule has 1 fully saturated rings. The topological polar surface area (TPSA) is 102 Å². The quantitative estimate of drug-likeness (QED) is 0.350. The SMILES string of the molecule is CNc1cc(-c2cn3ccnc3c(Nc3ccc(N4CC[C@H](O)C4)cc3)n2)ccc1C=N. The Morgan fingerprint density at radius 1 is 1.19 bits per heavy atom. The molecule has 8 nitrogen and oxygen atoms in total. The minimum Gasteiger partial charge on any atom is -0.391 e. The summed E-state index contributed by atoms with van der Waals surface area (Å²) in [5.41, 5.74) is 6.20. The molecule has 162 valence electrons. The summed E-state index contributed by atoms with van der Waals surface area (Å²) in [6, 6.07) is 14.0. The van der Waals surface area contributed by atoms with E-state index in [1.165, 1.54) is 6.21 Å². The van der Waals surface area contributed by atoms with Gasteiger partial charge in [0.1, 0.15) is 0 Å². The molecule has 8 heteroatoms. The van der Waals surface area contributed by atoms with Crippen LogP contribution < -0.4 is 15.5 Å². The molecule has 1 saturated heterocycles. The van der Waals surface area contributed by atoms with Crippen LogP contribution in [-0.4, -0.2) is 51.9 Å². The number of β-amino-alcohol motifs (C(OH)–C–C–N with tert-alkyl or cyclic N) is 1. The summed E-state index contributed by atoms with van der Waals surface area (Å²) >= 11 is 0. The molecule has 0 radical (unpaired) electrons. The molecule has 4 N–H and O–H groups in total. The molecule has 1 aliphatic rings. The van der Waals surface area contributed by atoms with E-state index >= 15 is 0 Å². The normalized spacial score (nSPS) is 15.8. The molecule has 1 atom stereocenters. The second-order valence-electron chi connectivity index (χ2n) is 7.89. The van der Waals surface area contributed by atoms with Crippen LogP contribution in [0.4, 0.5) is 22.9 Å². The first-order valence-electron chi connectivity index (χ1n) is 10.6. The van der Waals surface area contributed by atoms with Gasteiger partial charge in [0.25, 0.3) is 0 Å². The monoisotopic (exact) mass is 427 g/mol. The van der Waals surface area contributed by atoms with E-state index in [0.29, 0.717) is 12.4 Å². The predicted molar refractivity (Wildman–Crippen MR) is 128 cm³/mol. The highest BCUT2D eigenvalue weighted by Crippen LogP contribution is 2.28. The Bertz CT molecular complexity index is 1270. The molecule has 0 spiro atoms. The molecule has 4 aromatic rings. The molecular formula is C24H25N7O. The average molecular weight is 428 g/mol. The van der Waals surface area contributed by atoms with E-state index in [0.717, 1.165) is 52.5 Å². The summed E-state index contributed by atoms with van der Waals surface area (Å²) in [5.74, 6) is 0.666. The molecule has 1 aliphatic heterocycles. The Balaban J connectivity index is 1.47. The van der Waals surface area contributed by atoms with E-state index in [2.05, 4.69) is 32.7 Å². The summed E-state index contributed by atoms with van der Waals surface area (Å²) < 4.78 is 1.95. The highest BCUT2D eigenvalue weighted by Gasteiger charge is 2.20. The third kappa shape index (κ3) is 3.76. The summed E-state index contributed by atoms with van der Waals surface area (Å²) in [6.45, 7) is 1.55. The molecule has 0 unspecified atom stereocenters. The molecule has 5 rings (SSSR count). The Kier molecular flexibility index (Phi) is 5.20. The van der Waals surface area contributed by atoms with Crippen LogP contribution in [0.25, 0.3) is 16.9 Å². The number of benzene rings is 2. The maximum Gasteiger partial charge on any atom is 0.180 e. The van der Waals surface area contributed by atoms with Crippen molar-refractivity contribution in [2.45, 2.75) is 12.5 Å². The van der Waals surface area contributed by atoms with Gasteiger partial charge in [-0.3, -0.25) is 0 Å². The maximum absolute atomic E-state index is 9.79. The highest BCUT2D eigenvalue weighted by atomic mass is 16.3. The fraction of sp³-hybridized carbons (Fsp3) is 0.208. The van der Waals surface area contributed by atoms with Crippen molar-refractivity contribution in [3.8, 4) is 11.3 Å². The van der Waals surface area contributed by atoms with E-state index in [1.54, 1.807) is 6.20 Å². The van der Waals surface area contributed by atoms with Crippen LogP contribution in [-0.2, 0) is 0 Å². The molecule has 3 heterocycles. The van der Waals surface area contributed by atoms with E-state index in [4.69, 9.17) is 10.4 Å². The zero-order valence-electron chi connectivity index (χ0n) is 17.8. The van der Waals surface area contributed by atoms with Crippen LogP contribution in [0.3, 0.4) is 0 Å². The Hall–Kier alpha value is -3.91. The fourth-order valence-electron chi connectivity index (χ4n) is 4.08. The van der Waals surface area contributed by atoms with Gasteiger partial charge in [-0.05, 0) is 36.8 Å². The maximum atomic E-state index is 9.79. The number of aliphatic hydroxyl groups is 1. The van der Waals surface area contributed by atoms with Crippen molar-refractivity contribution >= 4 is 34.7 Å². The van der Waals surface area contributed by atoms with Crippen molar-refractivity contribution in [3.63, 3.8) is 0 Å². The van der Waals surface area contributed by atoms with Crippen molar-refractivity contribution < 1.29 is 5.11 Å². The Labute approximate surface area is 186 Å². The standard InChI is InChI=1S/C24H25N7O/c1-26-21-12-16(2-3-17(21)13-25)22-15-31-11-9-27-24(31)23(29-22)28-18-4-6-19(7-5-18)30-10-8-20(32)14-30/h2-7,9,11-13,15,20,25-26,32H,8,10,14H2,1H3,(H,28,29)/t20-/m0/s1. The number of nitrogens with one attached hydrogen (secondary N) is 3. The minimum atomic E-state index is -0.245. The van der Waals surface area contributed by atoms with Crippen LogP contribution in [0.1, 0.15) is 12.0 Å². The number of aromatic nitrogens is 3. The lowest BCUT2D eigenvalue weighted by Crippen LogP contribution is -2.20. The molecule has 2 aromatic carbocycles. The van der Waals surface area contributed by atoms with Crippen molar-refractivity contribution in [1.82, 2.24) is 14.4 Å². The van der Waals surface area contributed by atoms with Gasteiger partial charge in [-0.15, -0.1) is 0 Å². The van der Waals surface area contributed by atoms with Gasteiger partial charge in [0.15, 0.2) is 11.5 Å². The molecule has 0 aliphatic carbocycles. The van der Waals surface area contributed by atoms with Gasteiger partial charge in [0.05, 0.1) is 11.8 Å². The van der Waals surface area contributed by atoms with Gasteiger partial charge < -0.3 is 30.4 Å². The van der Waals surface area contributed by atoms with Gasteiger partial charge in [-0.2, -0.15) is 0 Å². The van der Waals surface area contributed by atoms with Crippen LogP contribution in [0.2, 0.25) is 0 Å².